The maximum atomic E-state index is 13.4. The van der Waals surface area contributed by atoms with Crippen molar-refractivity contribution in [2.24, 2.45) is 44.8 Å². The SMILES string of the molecule is C[C@@H](CNC(=O)/C(=N\NC(N)=O)c1ccc(O)c(O)c1Cl)CS[C@]1(C(=O)O)CN2C(=O)[C@@H](CC(=O)/C(=N\OC(C)(C)C(=O)O)c3csc(N)n3)[C@H]2S1.C[C@@H](CNC(=O)C(=O)c1ccc(O)c(O)c1Cl)CS[C@]1(C(=O)O)CN2C(=O)[C@@H](CC(=O)/C(=N\OC(C)(C)C(=O)O)c3csc(N)n3)[C@H]2S1. The van der Waals surface area contributed by atoms with E-state index < -0.39 is 152 Å². The Balaban J connectivity index is 0.000000282. The van der Waals surface area contributed by atoms with Gasteiger partial charge in [-0.1, -0.05) is 47.4 Å². The van der Waals surface area contributed by atoms with E-state index in [0.717, 1.165) is 87.9 Å². The number of halogens is 2. The van der Waals surface area contributed by atoms with Gasteiger partial charge in [-0.05, 0) is 75.3 Å². The van der Waals surface area contributed by atoms with Crippen molar-refractivity contribution in [2.75, 3.05) is 49.2 Å². The molecule has 0 saturated carbocycles. The monoisotopic (exact) mass is 1540 g/mol. The van der Waals surface area contributed by atoms with Gasteiger partial charge in [0, 0.05) is 42.3 Å². The molecule has 4 aliphatic heterocycles. The van der Waals surface area contributed by atoms with Crippen LogP contribution in [0.5, 0.6) is 23.0 Å². The second kappa shape index (κ2) is 31.8. The van der Waals surface area contributed by atoms with E-state index in [0.29, 0.717) is 0 Å². The Morgan fingerprint density at radius 2 is 1.04 bits per heavy atom. The van der Waals surface area contributed by atoms with Crippen LogP contribution in [0, 0.1) is 23.7 Å². The van der Waals surface area contributed by atoms with Crippen LogP contribution >= 0.6 is 92.9 Å². The molecule has 4 aromatic rings. The number of carbonyl (C=O) groups excluding carboxylic acids is 8. The number of nitrogens with two attached hydrogens (primary N) is 3. The van der Waals surface area contributed by atoms with E-state index in [9.17, 15) is 98.4 Å². The van der Waals surface area contributed by atoms with Crippen molar-refractivity contribution in [1.29, 1.82) is 0 Å². The van der Waals surface area contributed by atoms with Crippen molar-refractivity contribution in [2.45, 2.75) is 84.5 Å². The fraction of sp³-hybridized carbons (Fsp3) is 0.421. The number of phenolic OH excluding ortho intramolecular Hbond substituents is 4. The molecule has 0 bridgehead atoms. The standard InChI is InChI=1S/C29H33ClN8O11S3.C28H30ClN5O11S3/c1-11(7-33-21(42)18(35-36-26(31)48)12-4-5-15(39)20(41)17(12)30)8-51-29(25(46)47)10-38-22(43)13(23(38)52-29)6-16(40)19(14-9-50-27(32)34-14)37-49-28(2,3)24(44)45;1-11(7-31-21(39)19(37)12-4-5-15(35)20(38)17(12)29)8-47-28(25(43)44)10-34-22(40)13(23(34)48-28)6-16(36)18(14-9-46-26(30)32-14)33-45-27(2,3)24(41)42/h4-5,9,11,13,23,39,41H,6-8,10H2,1-3H3,(H2,32,34)(H,33,42)(H,44,45)(H,46,47)(H3,31,36,48);4-5,9,11,13,23,35,38H,6-8,10H2,1-3H3,(H2,30,32)(H,31,39)(H,41,42)(H,43,44)/b35-18-,37-19-;33-18-/t11-,13+,23+,29+;11-,13+,23+,28+/m00/s1. The minimum absolute atomic E-state index is 0.0172. The summed E-state index contributed by atoms with van der Waals surface area (Å²) >= 11 is 18.1. The smallest absolute Gasteiger partial charge is 0.350 e. The third kappa shape index (κ3) is 17.6. The van der Waals surface area contributed by atoms with Crippen molar-refractivity contribution < 1.29 is 108 Å². The number of thiazole rings is 2. The molecule has 4 aliphatic rings. The largest absolute Gasteiger partial charge is 0.504 e. The molecule has 0 spiro atoms. The lowest BCUT2D eigenvalue weighted by Crippen LogP contribution is -2.57. The topological polar surface area (TPSA) is 569 Å². The Kier molecular flexibility index (Phi) is 24.9. The highest BCUT2D eigenvalue weighted by atomic mass is 35.5. The molecule has 43 heteroatoms. The van der Waals surface area contributed by atoms with Crippen LogP contribution in [0.25, 0.3) is 0 Å². The Bertz CT molecular complexity index is 4100. The highest BCUT2D eigenvalue weighted by molar-refractivity contribution is 8.20. The van der Waals surface area contributed by atoms with Gasteiger partial charge in [-0.3, -0.25) is 33.6 Å². The number of carboxylic acid groups (broad SMARTS) is 4. The number of nitrogen functional groups attached to an aromatic ring is 2. The molecule has 4 saturated heterocycles. The fourth-order valence-corrected chi connectivity index (χ4v) is 17.2. The number of aliphatic carboxylic acids is 4. The van der Waals surface area contributed by atoms with Crippen molar-refractivity contribution >= 4 is 191 Å². The van der Waals surface area contributed by atoms with Crippen LogP contribution in [0.3, 0.4) is 0 Å². The number of hydrazone groups is 1. The molecule has 35 nitrogen and oxygen atoms in total. The molecule has 0 aliphatic carbocycles. The number of nitrogens with one attached hydrogen (secondary N) is 3. The van der Waals surface area contributed by atoms with Crippen LogP contribution < -0.4 is 33.3 Å². The molecular weight excluding hydrogens is 1480 g/mol. The number of anilines is 2. The van der Waals surface area contributed by atoms with Gasteiger partial charge in [0.1, 0.15) is 11.4 Å². The van der Waals surface area contributed by atoms with Gasteiger partial charge in [-0.15, -0.1) is 69.7 Å². The number of amides is 6. The summed E-state index contributed by atoms with van der Waals surface area (Å²) < 4.78 is -3.00. The maximum Gasteiger partial charge on any atom is 0.350 e. The van der Waals surface area contributed by atoms with E-state index in [1.54, 1.807) is 13.8 Å². The van der Waals surface area contributed by atoms with Crippen LogP contribution in [-0.2, 0) is 57.6 Å². The molecule has 0 unspecified atom stereocenters. The number of Topliss-reactive ketones (excluding diaryl/α,β-unsaturated/α-hetero) is 3. The zero-order valence-electron chi connectivity index (χ0n) is 52.9. The fourth-order valence-electron chi connectivity index (χ4n) is 9.19. The number of thioether (sulfide) groups is 4. The number of ketones is 3. The average Bonchev–Trinajstić information content (AvgIpc) is 1.57. The third-order valence-corrected chi connectivity index (χ3v) is 24.4. The van der Waals surface area contributed by atoms with Gasteiger partial charge in [0.25, 0.3) is 17.6 Å². The number of primary amides is 1. The van der Waals surface area contributed by atoms with Gasteiger partial charge in [0.2, 0.25) is 23.0 Å². The summed E-state index contributed by atoms with van der Waals surface area (Å²) in [6, 6.07) is 3.26. The number of aromatic nitrogens is 2. The minimum atomic E-state index is -1.79. The van der Waals surface area contributed by atoms with Gasteiger partial charge in [0.15, 0.2) is 70.1 Å². The minimum Gasteiger partial charge on any atom is -0.504 e. The lowest BCUT2D eigenvalue weighted by molar-refractivity contribution is -0.161. The lowest BCUT2D eigenvalue weighted by Gasteiger charge is -2.41. The lowest BCUT2D eigenvalue weighted by atomic mass is 9.90. The Hall–Kier alpha value is -8.87. The second-order valence-corrected chi connectivity index (χ2v) is 32.0. The first kappa shape index (κ1) is 78.5. The van der Waals surface area contributed by atoms with E-state index in [1.165, 1.54) is 54.3 Å². The van der Waals surface area contributed by atoms with Gasteiger partial charge in [-0.25, -0.2) is 39.4 Å². The van der Waals surface area contributed by atoms with Crippen molar-refractivity contribution in [3.8, 4) is 23.0 Å². The maximum absolute atomic E-state index is 13.4. The predicted molar refractivity (Wildman–Crippen MR) is 367 cm³/mol. The van der Waals surface area contributed by atoms with E-state index in [2.05, 4.69) is 36.0 Å². The zero-order chi connectivity index (χ0) is 74.4. The summed E-state index contributed by atoms with van der Waals surface area (Å²) in [5.41, 5.74) is 13.3. The normalized spacial score (nSPS) is 21.0. The molecule has 6 amide bonds. The highest BCUT2D eigenvalue weighted by Gasteiger charge is 2.64. The van der Waals surface area contributed by atoms with Crippen molar-refractivity contribution in [1.82, 2.24) is 35.8 Å². The van der Waals surface area contributed by atoms with Crippen LogP contribution in [-0.4, -0.2) is 216 Å². The summed E-state index contributed by atoms with van der Waals surface area (Å²) in [6.07, 6.45) is -0.764. The molecule has 0 radical (unpaired) electrons. The van der Waals surface area contributed by atoms with Gasteiger partial charge < -0.3 is 88.2 Å². The molecule has 4 fully saturated rings. The van der Waals surface area contributed by atoms with Crippen molar-refractivity contribution in [3.63, 3.8) is 0 Å². The summed E-state index contributed by atoms with van der Waals surface area (Å²) in [5, 5.41) is 95.3. The van der Waals surface area contributed by atoms with Crippen LogP contribution in [0.1, 0.15) is 81.7 Å². The average molecular weight is 1550 g/mol. The highest BCUT2D eigenvalue weighted by Crippen LogP contribution is 2.57. The van der Waals surface area contributed by atoms with E-state index in [4.69, 9.17) is 50.1 Å². The number of urea groups is 1. The number of aromatic hydroxyl groups is 4. The Morgan fingerprint density at radius 3 is 1.41 bits per heavy atom. The molecule has 2 aromatic carbocycles. The molecule has 6 heterocycles. The Morgan fingerprint density at radius 1 is 0.650 bits per heavy atom. The van der Waals surface area contributed by atoms with E-state index in [-0.39, 0.29) is 107 Å². The molecule has 8 rings (SSSR count). The van der Waals surface area contributed by atoms with Crippen LogP contribution in [0.2, 0.25) is 10.0 Å². The number of rotatable bonds is 31. The van der Waals surface area contributed by atoms with E-state index in [1.807, 2.05) is 5.43 Å². The first-order chi connectivity index (χ1) is 46.7. The number of carboxylic acids is 4. The number of fused-ring (bicyclic) bond motifs is 2. The summed E-state index contributed by atoms with van der Waals surface area (Å²) in [6.45, 7) is 8.01. The molecule has 2 aromatic heterocycles. The van der Waals surface area contributed by atoms with Gasteiger partial charge in [-0.2, -0.15) is 5.10 Å². The number of nitrogens with zero attached hydrogens (tertiary/aromatic N) is 7. The summed E-state index contributed by atoms with van der Waals surface area (Å²) in [5.74, 6) is -15.0. The van der Waals surface area contributed by atoms with Gasteiger partial charge >= 0.3 is 29.9 Å². The van der Waals surface area contributed by atoms with E-state index >= 15 is 0 Å². The zero-order valence-corrected chi connectivity index (χ0v) is 59.4. The number of hydrogen-bond acceptors (Lipinski definition) is 31. The molecule has 538 valence electrons. The second-order valence-electron chi connectivity index (χ2n) is 23.5. The number of oxime groups is 2. The molecule has 17 N–H and O–H groups in total. The first-order valence-corrected chi connectivity index (χ1v) is 35.2. The van der Waals surface area contributed by atoms with Crippen LogP contribution in [0.15, 0.2) is 50.4 Å². The third-order valence-electron chi connectivity index (χ3n) is 15.0. The summed E-state index contributed by atoms with van der Waals surface area (Å²) in [4.78, 5) is 172. The number of carbonyl (C=O) groups is 12. The Labute approximate surface area is 600 Å². The quantitative estimate of drug-likeness (QED) is 0.00859. The molecular formula is C57H63Cl2N13O22S6. The first-order valence-electron chi connectivity index (χ1n) is 29.0. The summed E-state index contributed by atoms with van der Waals surface area (Å²) in [7, 11) is 0. The molecule has 8 atom stereocenters. The number of phenols is 4. The number of hydrogen-bond donors (Lipinski definition) is 14. The van der Waals surface area contributed by atoms with Crippen LogP contribution in [0.4, 0.5) is 15.1 Å². The number of benzene rings is 2. The van der Waals surface area contributed by atoms with Gasteiger partial charge in [0.05, 0.1) is 51.3 Å². The molecule has 100 heavy (non-hydrogen) atoms. The van der Waals surface area contributed by atoms with Crippen molar-refractivity contribution in [3.05, 3.63) is 67.6 Å². The number of β-lactam (4-membered cyclic amide) rings is 2. The predicted octanol–water partition coefficient (Wildman–Crippen LogP) is 3.22.